The van der Waals surface area contributed by atoms with Crippen molar-refractivity contribution in [1.82, 2.24) is 4.98 Å². The molecule has 0 unspecified atom stereocenters. The first-order chi connectivity index (χ1) is 12.6. The Labute approximate surface area is 151 Å². The van der Waals surface area contributed by atoms with Gasteiger partial charge in [-0.2, -0.15) is 10.4 Å². The van der Waals surface area contributed by atoms with Crippen LogP contribution < -0.4 is 5.43 Å². The number of hydrogen-bond donors (Lipinski definition) is 1. The summed E-state index contributed by atoms with van der Waals surface area (Å²) in [5.74, 6) is -0.374. The largest absolute Gasteiger partial charge is 0.277 e. The highest BCUT2D eigenvalue weighted by Gasteiger charge is 2.13. The second-order valence-corrected chi connectivity index (χ2v) is 5.89. The Morgan fingerprint density at radius 3 is 2.77 bits per heavy atom. The number of halogens is 1. The predicted molar refractivity (Wildman–Crippen MR) is 96.4 cm³/mol. The standard InChI is InChI=1S/C17H10FN5O2S/c18-12-4-6-13(7-5-12)21-22-15(9-19)17-20-16(10-26-17)11-2-1-3-14(8-11)23(24)25/h1-8,10,21H. The average molecular weight is 367 g/mol. The third kappa shape index (κ3) is 3.88. The smallest absolute Gasteiger partial charge is 0.270 e. The van der Waals surface area contributed by atoms with Crippen molar-refractivity contribution in [3.8, 4) is 17.3 Å². The van der Waals surface area contributed by atoms with Crippen LogP contribution in [0.15, 0.2) is 59.0 Å². The van der Waals surface area contributed by atoms with Gasteiger partial charge in [0.2, 0.25) is 0 Å². The van der Waals surface area contributed by atoms with Gasteiger partial charge in [-0.1, -0.05) is 12.1 Å². The van der Waals surface area contributed by atoms with Crippen LogP contribution in [0.5, 0.6) is 0 Å². The summed E-state index contributed by atoms with van der Waals surface area (Å²) in [6.07, 6.45) is 0. The van der Waals surface area contributed by atoms with Crippen LogP contribution in [0.1, 0.15) is 5.01 Å². The minimum absolute atomic E-state index is 0.0378. The van der Waals surface area contributed by atoms with Gasteiger partial charge in [0.25, 0.3) is 5.69 Å². The van der Waals surface area contributed by atoms with Crippen LogP contribution in [0, 0.1) is 27.3 Å². The van der Waals surface area contributed by atoms with Crippen molar-refractivity contribution in [2.75, 3.05) is 5.43 Å². The van der Waals surface area contributed by atoms with Crippen molar-refractivity contribution >= 4 is 28.4 Å². The number of nitro groups is 1. The maximum Gasteiger partial charge on any atom is 0.270 e. The first-order valence-corrected chi connectivity index (χ1v) is 8.15. The molecule has 0 aliphatic heterocycles. The number of benzene rings is 2. The van der Waals surface area contributed by atoms with E-state index in [1.54, 1.807) is 17.5 Å². The molecule has 0 saturated heterocycles. The van der Waals surface area contributed by atoms with Gasteiger partial charge in [0.1, 0.15) is 11.9 Å². The van der Waals surface area contributed by atoms with Crippen molar-refractivity contribution in [2.24, 2.45) is 5.10 Å². The Morgan fingerprint density at radius 2 is 2.08 bits per heavy atom. The summed E-state index contributed by atoms with van der Waals surface area (Å²) in [7, 11) is 0. The molecule has 0 fully saturated rings. The number of hydrazone groups is 1. The molecule has 0 amide bonds. The van der Waals surface area contributed by atoms with Crippen LogP contribution in [-0.4, -0.2) is 15.6 Å². The van der Waals surface area contributed by atoms with E-state index in [0.29, 0.717) is 22.0 Å². The van der Waals surface area contributed by atoms with E-state index in [2.05, 4.69) is 15.5 Å². The Kier molecular flexibility index (Phi) is 4.96. The lowest BCUT2D eigenvalue weighted by molar-refractivity contribution is -0.384. The fourth-order valence-corrected chi connectivity index (χ4v) is 2.83. The molecule has 3 aromatic rings. The fraction of sp³-hybridized carbons (Fsp3) is 0. The molecular weight excluding hydrogens is 357 g/mol. The summed E-state index contributed by atoms with van der Waals surface area (Å²) >= 11 is 1.19. The van der Waals surface area contributed by atoms with Crippen molar-refractivity contribution in [2.45, 2.75) is 0 Å². The number of hydrogen-bond acceptors (Lipinski definition) is 7. The monoisotopic (exact) mass is 367 g/mol. The highest BCUT2D eigenvalue weighted by atomic mass is 32.1. The zero-order chi connectivity index (χ0) is 18.5. The minimum atomic E-state index is -0.481. The molecule has 1 heterocycles. The topological polar surface area (TPSA) is 104 Å². The lowest BCUT2D eigenvalue weighted by Gasteiger charge is -2.00. The molecule has 0 bridgehead atoms. The van der Waals surface area contributed by atoms with Crippen LogP contribution in [0.3, 0.4) is 0 Å². The Hall–Kier alpha value is -3.64. The van der Waals surface area contributed by atoms with Crippen LogP contribution in [0.4, 0.5) is 15.8 Å². The van der Waals surface area contributed by atoms with Gasteiger partial charge >= 0.3 is 0 Å². The van der Waals surface area contributed by atoms with Crippen LogP contribution >= 0.6 is 11.3 Å². The van der Waals surface area contributed by atoms with Gasteiger partial charge in [0, 0.05) is 23.1 Å². The first-order valence-electron chi connectivity index (χ1n) is 7.27. The maximum absolute atomic E-state index is 12.9. The molecule has 9 heteroatoms. The lowest BCUT2D eigenvalue weighted by atomic mass is 10.1. The number of rotatable bonds is 5. The minimum Gasteiger partial charge on any atom is -0.277 e. The van der Waals surface area contributed by atoms with Gasteiger partial charge in [0.15, 0.2) is 10.7 Å². The van der Waals surface area contributed by atoms with Crippen molar-refractivity contribution < 1.29 is 9.31 Å². The first kappa shape index (κ1) is 17.2. The average Bonchev–Trinajstić information content (AvgIpc) is 3.14. The van der Waals surface area contributed by atoms with Gasteiger partial charge < -0.3 is 0 Å². The molecule has 0 atom stereocenters. The van der Waals surface area contributed by atoms with Crippen LogP contribution in [-0.2, 0) is 0 Å². The molecule has 0 radical (unpaired) electrons. The number of nitrogens with one attached hydrogen (secondary N) is 1. The van der Waals surface area contributed by atoms with Gasteiger partial charge in [0.05, 0.1) is 16.3 Å². The van der Waals surface area contributed by atoms with Crippen LogP contribution in [0.2, 0.25) is 0 Å². The van der Waals surface area contributed by atoms with E-state index in [-0.39, 0.29) is 17.2 Å². The van der Waals surface area contributed by atoms with E-state index in [1.165, 1.54) is 47.7 Å². The normalized spacial score (nSPS) is 11.0. The van der Waals surface area contributed by atoms with Crippen molar-refractivity contribution in [3.05, 3.63) is 74.9 Å². The summed E-state index contributed by atoms with van der Waals surface area (Å²) in [6.45, 7) is 0. The Bertz CT molecular complexity index is 1020. The van der Waals surface area contributed by atoms with E-state index in [1.807, 2.05) is 6.07 Å². The van der Waals surface area contributed by atoms with Crippen LogP contribution in [0.25, 0.3) is 11.3 Å². The molecule has 0 aliphatic carbocycles. The third-order valence-corrected chi connectivity index (χ3v) is 4.16. The molecule has 128 valence electrons. The zero-order valence-corrected chi connectivity index (χ0v) is 13.9. The summed E-state index contributed by atoms with van der Waals surface area (Å²) < 4.78 is 12.9. The van der Waals surface area contributed by atoms with Crippen molar-refractivity contribution in [1.29, 1.82) is 5.26 Å². The number of nitro benzene ring substituents is 1. The van der Waals surface area contributed by atoms with Gasteiger partial charge in [-0.05, 0) is 24.3 Å². The number of non-ortho nitro benzene ring substituents is 1. The Morgan fingerprint density at radius 1 is 1.31 bits per heavy atom. The van der Waals surface area contributed by atoms with E-state index in [0.717, 1.165) is 0 Å². The second-order valence-electron chi connectivity index (χ2n) is 5.04. The molecule has 0 spiro atoms. The van der Waals surface area contributed by atoms with Gasteiger partial charge in [-0.25, -0.2) is 9.37 Å². The summed E-state index contributed by atoms with van der Waals surface area (Å²) in [5, 5.41) is 26.2. The predicted octanol–water partition coefficient (Wildman–Crippen LogP) is 4.20. The molecule has 7 nitrogen and oxygen atoms in total. The summed E-state index contributed by atoms with van der Waals surface area (Å²) in [5.41, 5.74) is 4.29. The quantitative estimate of drug-likeness (QED) is 0.413. The molecule has 0 saturated carbocycles. The molecule has 2 aromatic carbocycles. The third-order valence-electron chi connectivity index (χ3n) is 3.31. The lowest BCUT2D eigenvalue weighted by Crippen LogP contribution is -2.01. The zero-order valence-electron chi connectivity index (χ0n) is 13.1. The number of nitriles is 1. The fourth-order valence-electron chi connectivity index (χ4n) is 2.06. The second kappa shape index (κ2) is 7.50. The van der Waals surface area contributed by atoms with E-state index >= 15 is 0 Å². The number of nitrogens with zero attached hydrogens (tertiary/aromatic N) is 4. The number of anilines is 1. The highest BCUT2D eigenvalue weighted by Crippen LogP contribution is 2.25. The summed E-state index contributed by atoms with van der Waals surface area (Å²) in [6, 6.07) is 13.6. The van der Waals surface area contributed by atoms with Gasteiger partial charge in [-0.15, -0.1) is 11.3 Å². The molecule has 0 aliphatic rings. The highest BCUT2D eigenvalue weighted by molar-refractivity contribution is 7.12. The summed E-state index contributed by atoms with van der Waals surface area (Å²) in [4.78, 5) is 14.7. The molecule has 26 heavy (non-hydrogen) atoms. The molecule has 3 rings (SSSR count). The molecule has 1 N–H and O–H groups in total. The maximum atomic E-state index is 12.9. The Balaban J connectivity index is 1.84. The van der Waals surface area contributed by atoms with E-state index < -0.39 is 4.92 Å². The van der Waals surface area contributed by atoms with E-state index in [4.69, 9.17) is 0 Å². The van der Waals surface area contributed by atoms with E-state index in [9.17, 15) is 19.8 Å². The SMILES string of the molecule is N#CC(=NNc1ccc(F)cc1)c1nc(-c2cccc([N+](=O)[O-])c2)cs1. The number of aromatic nitrogens is 1. The molecule has 1 aromatic heterocycles. The molecular formula is C17H10FN5O2S. The van der Waals surface area contributed by atoms with Gasteiger partial charge in [-0.3, -0.25) is 15.5 Å². The van der Waals surface area contributed by atoms with Crippen molar-refractivity contribution in [3.63, 3.8) is 0 Å². The number of thiazole rings is 1.